The van der Waals surface area contributed by atoms with Crippen molar-refractivity contribution in [2.24, 2.45) is 0 Å². The summed E-state index contributed by atoms with van der Waals surface area (Å²) in [6, 6.07) is 12.1. The van der Waals surface area contributed by atoms with E-state index in [4.69, 9.17) is 5.11 Å². The van der Waals surface area contributed by atoms with Crippen molar-refractivity contribution in [3.05, 3.63) is 70.3 Å². The maximum Gasteiger partial charge on any atom is 0.335 e. The molecule has 0 radical (unpaired) electrons. The molecule has 0 aliphatic heterocycles. The van der Waals surface area contributed by atoms with Crippen LogP contribution in [0.2, 0.25) is 0 Å². The highest BCUT2D eigenvalue weighted by molar-refractivity contribution is 5.88. The number of rotatable bonds is 3. The molecule has 2 aliphatic carbocycles. The van der Waals surface area contributed by atoms with E-state index in [1.54, 1.807) is 0 Å². The Kier molecular flexibility index (Phi) is 3.29. The lowest BCUT2D eigenvalue weighted by Crippen LogP contribution is -1.97. The van der Waals surface area contributed by atoms with Crippen LogP contribution in [0.3, 0.4) is 0 Å². The first-order valence-corrected chi connectivity index (χ1v) is 7.96. The predicted octanol–water partition coefficient (Wildman–Crippen LogP) is 5.22. The molecule has 2 unspecified atom stereocenters. The quantitative estimate of drug-likeness (QED) is 0.790. The third kappa shape index (κ3) is 2.46. The van der Waals surface area contributed by atoms with E-state index in [-0.39, 0.29) is 11.4 Å². The fraction of sp³-hybridized carbons (Fsp3) is 0.250. The van der Waals surface area contributed by atoms with Gasteiger partial charge in [-0.1, -0.05) is 30.3 Å². The highest BCUT2D eigenvalue weighted by Gasteiger charge is 2.36. The monoisotopic (exact) mass is 308 g/mol. The first-order valence-electron chi connectivity index (χ1n) is 7.96. The third-order valence-corrected chi connectivity index (χ3v) is 5.12. The smallest absolute Gasteiger partial charge is 0.335 e. The van der Waals surface area contributed by atoms with E-state index in [9.17, 15) is 9.18 Å². The summed E-state index contributed by atoms with van der Waals surface area (Å²) in [6.07, 6.45) is 5.32. The molecule has 4 rings (SSSR count). The molecular formula is C20H17FO2. The van der Waals surface area contributed by atoms with E-state index >= 15 is 0 Å². The zero-order chi connectivity index (χ0) is 16.0. The third-order valence-electron chi connectivity index (χ3n) is 5.12. The Morgan fingerprint density at radius 2 is 1.65 bits per heavy atom. The molecule has 3 heteroatoms. The number of benzene rings is 2. The standard InChI is InChI=1S/C20H17FO2/c21-19(13-2-4-14(5-3-13)20(22)23)10-12-1-8-17-15-6-7-16(11-15)18(17)9-12/h1-5,8-10,15-16H,6-7,11H2,(H,22,23). The molecule has 2 aromatic rings. The van der Waals surface area contributed by atoms with Gasteiger partial charge < -0.3 is 5.11 Å². The van der Waals surface area contributed by atoms with Gasteiger partial charge in [-0.15, -0.1) is 0 Å². The van der Waals surface area contributed by atoms with Gasteiger partial charge in [0.05, 0.1) is 5.56 Å². The molecule has 2 aromatic carbocycles. The van der Waals surface area contributed by atoms with Crippen LogP contribution in [0.15, 0.2) is 42.5 Å². The summed E-state index contributed by atoms with van der Waals surface area (Å²) in [6.45, 7) is 0. The molecule has 0 spiro atoms. The average Bonchev–Trinajstić information content (AvgIpc) is 3.17. The topological polar surface area (TPSA) is 37.3 Å². The van der Waals surface area contributed by atoms with Crippen LogP contribution in [0.25, 0.3) is 11.9 Å². The summed E-state index contributed by atoms with van der Waals surface area (Å²) in [7, 11) is 0. The largest absolute Gasteiger partial charge is 0.478 e. The lowest BCUT2D eigenvalue weighted by molar-refractivity contribution is 0.0697. The maximum atomic E-state index is 14.4. The van der Waals surface area contributed by atoms with Crippen molar-refractivity contribution < 1.29 is 14.3 Å². The van der Waals surface area contributed by atoms with Gasteiger partial charge in [-0.2, -0.15) is 0 Å². The molecule has 2 bridgehead atoms. The molecule has 2 aliphatic rings. The zero-order valence-corrected chi connectivity index (χ0v) is 12.6. The number of fused-ring (bicyclic) bond motifs is 5. The van der Waals surface area contributed by atoms with Gasteiger partial charge in [0.25, 0.3) is 0 Å². The van der Waals surface area contributed by atoms with Crippen molar-refractivity contribution in [2.75, 3.05) is 0 Å². The van der Waals surface area contributed by atoms with E-state index in [0.29, 0.717) is 17.4 Å². The molecule has 23 heavy (non-hydrogen) atoms. The minimum Gasteiger partial charge on any atom is -0.478 e. The van der Waals surface area contributed by atoms with Gasteiger partial charge in [0.15, 0.2) is 0 Å². The fourth-order valence-corrected chi connectivity index (χ4v) is 3.96. The Morgan fingerprint density at radius 1 is 1.00 bits per heavy atom. The van der Waals surface area contributed by atoms with Gasteiger partial charge in [0, 0.05) is 5.56 Å². The SMILES string of the molecule is O=C(O)c1ccc(C(F)=Cc2ccc3c(c2)C2CCC3C2)cc1. The van der Waals surface area contributed by atoms with Crippen molar-refractivity contribution in [3.8, 4) is 0 Å². The van der Waals surface area contributed by atoms with Gasteiger partial charge >= 0.3 is 5.97 Å². The number of hydrogen-bond acceptors (Lipinski definition) is 1. The Balaban J connectivity index is 1.62. The van der Waals surface area contributed by atoms with Crippen molar-refractivity contribution in [1.82, 2.24) is 0 Å². The molecular weight excluding hydrogens is 291 g/mol. The molecule has 0 amide bonds. The van der Waals surface area contributed by atoms with Gasteiger partial charge in [-0.3, -0.25) is 0 Å². The lowest BCUT2D eigenvalue weighted by Gasteiger charge is -2.15. The van der Waals surface area contributed by atoms with Gasteiger partial charge in [-0.05, 0) is 66.0 Å². The molecule has 2 atom stereocenters. The van der Waals surface area contributed by atoms with Crippen LogP contribution in [0.4, 0.5) is 4.39 Å². The summed E-state index contributed by atoms with van der Waals surface area (Å²) >= 11 is 0. The minimum atomic E-state index is -1.00. The van der Waals surface area contributed by atoms with Crippen LogP contribution >= 0.6 is 0 Å². The number of carbonyl (C=O) groups is 1. The van der Waals surface area contributed by atoms with Crippen LogP contribution in [0, 0.1) is 0 Å². The molecule has 0 aromatic heterocycles. The summed E-state index contributed by atoms with van der Waals surface area (Å²) < 4.78 is 14.4. The predicted molar refractivity (Wildman–Crippen MR) is 88.2 cm³/mol. The maximum absolute atomic E-state index is 14.4. The van der Waals surface area contributed by atoms with Gasteiger partial charge in [0.1, 0.15) is 5.83 Å². The number of carboxylic acid groups (broad SMARTS) is 1. The highest BCUT2D eigenvalue weighted by atomic mass is 19.1. The number of aromatic carboxylic acids is 1. The summed E-state index contributed by atoms with van der Waals surface area (Å²) in [5.74, 6) is 0.0161. The molecule has 1 fully saturated rings. The normalized spacial score (nSPS) is 22.2. The summed E-state index contributed by atoms with van der Waals surface area (Å²) in [5, 5.41) is 8.88. The Labute approximate surface area is 134 Å². The second-order valence-electron chi connectivity index (χ2n) is 6.47. The molecule has 116 valence electrons. The van der Waals surface area contributed by atoms with Crippen molar-refractivity contribution >= 4 is 17.9 Å². The van der Waals surface area contributed by atoms with Crippen LogP contribution in [-0.2, 0) is 0 Å². The zero-order valence-electron chi connectivity index (χ0n) is 12.6. The Bertz CT molecular complexity index is 805. The first-order chi connectivity index (χ1) is 11.1. The molecule has 2 nitrogen and oxygen atoms in total. The fourth-order valence-electron chi connectivity index (χ4n) is 3.96. The van der Waals surface area contributed by atoms with Crippen molar-refractivity contribution in [3.63, 3.8) is 0 Å². The Hall–Kier alpha value is -2.42. The van der Waals surface area contributed by atoms with E-state index in [1.165, 1.54) is 60.7 Å². The summed E-state index contributed by atoms with van der Waals surface area (Å²) in [4.78, 5) is 10.8. The number of hydrogen-bond donors (Lipinski definition) is 1. The van der Waals surface area contributed by atoms with Crippen LogP contribution in [0.5, 0.6) is 0 Å². The van der Waals surface area contributed by atoms with E-state index in [1.807, 2.05) is 6.07 Å². The Morgan fingerprint density at radius 3 is 2.35 bits per heavy atom. The van der Waals surface area contributed by atoms with Crippen LogP contribution in [-0.4, -0.2) is 11.1 Å². The van der Waals surface area contributed by atoms with Crippen molar-refractivity contribution in [1.29, 1.82) is 0 Å². The van der Waals surface area contributed by atoms with Crippen LogP contribution in [0.1, 0.15) is 63.7 Å². The first kappa shape index (κ1) is 14.2. The second-order valence-corrected chi connectivity index (χ2v) is 6.47. The van der Waals surface area contributed by atoms with E-state index in [2.05, 4.69) is 12.1 Å². The van der Waals surface area contributed by atoms with E-state index < -0.39 is 5.97 Å². The minimum absolute atomic E-state index is 0.162. The number of carboxylic acids is 1. The summed E-state index contributed by atoms with van der Waals surface area (Å²) in [5.41, 5.74) is 4.27. The lowest BCUT2D eigenvalue weighted by atomic mass is 9.90. The van der Waals surface area contributed by atoms with Crippen LogP contribution < -0.4 is 0 Å². The number of halogens is 1. The highest BCUT2D eigenvalue weighted by Crippen LogP contribution is 2.53. The molecule has 0 saturated heterocycles. The molecule has 1 saturated carbocycles. The van der Waals surface area contributed by atoms with Gasteiger partial charge in [0.2, 0.25) is 0 Å². The molecule has 0 heterocycles. The molecule has 1 N–H and O–H groups in total. The second kappa shape index (κ2) is 5.34. The van der Waals surface area contributed by atoms with Gasteiger partial charge in [-0.25, -0.2) is 9.18 Å². The average molecular weight is 308 g/mol. The van der Waals surface area contributed by atoms with E-state index in [0.717, 1.165) is 5.56 Å². The van der Waals surface area contributed by atoms with Crippen molar-refractivity contribution in [2.45, 2.75) is 31.1 Å².